The Bertz CT molecular complexity index is 1860. The highest BCUT2D eigenvalue weighted by Gasteiger charge is 2.34. The van der Waals surface area contributed by atoms with Gasteiger partial charge in [0.15, 0.2) is 0 Å². The average molecular weight is 952 g/mol. The summed E-state index contributed by atoms with van der Waals surface area (Å²) < 4.78 is 27.7. The van der Waals surface area contributed by atoms with Gasteiger partial charge in [0.2, 0.25) is 0 Å². The van der Waals surface area contributed by atoms with E-state index in [1.165, 1.54) is 24.6 Å². The molecular formula is C50H73N5O11S. The molecule has 0 saturated heterocycles. The molecule has 1 aromatic rings. The molecular weight excluding hydrogens is 879 g/mol. The first-order valence-electron chi connectivity index (χ1n) is 23.7. The zero-order chi connectivity index (χ0) is 49.1. The number of allylic oxidation sites excluding steroid dienone is 5. The van der Waals surface area contributed by atoms with Crippen LogP contribution in [0.5, 0.6) is 0 Å². The van der Waals surface area contributed by atoms with Crippen LogP contribution in [0.3, 0.4) is 0 Å². The van der Waals surface area contributed by atoms with E-state index in [2.05, 4.69) is 41.1 Å². The number of carbonyl (C=O) groups excluding carboxylic acids is 2. The van der Waals surface area contributed by atoms with Gasteiger partial charge in [-0.2, -0.15) is 20.8 Å². The second-order valence-corrected chi connectivity index (χ2v) is 17.4. The molecule has 370 valence electrons. The second kappa shape index (κ2) is 36.0. The average Bonchev–Trinajstić information content (AvgIpc) is 3.62. The van der Waals surface area contributed by atoms with Crippen LogP contribution in [0.2, 0.25) is 0 Å². The number of rotatable bonds is 38. The molecule has 0 fully saturated rings. The minimum absolute atomic E-state index is 0.00404. The fraction of sp³-hybridized carbons (Fsp3) is 0.640. The van der Waals surface area contributed by atoms with Crippen LogP contribution in [-0.2, 0) is 42.9 Å². The van der Waals surface area contributed by atoms with Crippen LogP contribution < -0.4 is 4.90 Å². The third-order valence-corrected chi connectivity index (χ3v) is 12.2. The standard InChI is InChI=1S/C50H73N5O11S/c1-5-7-9-11-13-15-17-19-40(49(58)59)34-46(56)65-31-29-63-26-24-55(42-21-22-44(38(3)33-42)53-54-48-43(36-51)39(4)45(37-52)67-48)23-25-62-27-28-64-30-32-66-47(57)35-41(50(60)61)20-18-16-14-12-10-8-6-2/h15-18,21-22,33,40-41,43,48H,5-14,19-20,23-32,34-35H2,1-4H3,(H,58,59)(H,60,61)/b17-15+,18-16+,54-53+. The molecule has 2 rings (SSSR count). The Kier molecular flexibility index (Phi) is 31.2. The molecule has 1 heterocycles. The first-order valence-corrected chi connectivity index (χ1v) is 24.6. The van der Waals surface area contributed by atoms with Crippen molar-refractivity contribution in [2.75, 3.05) is 70.8 Å². The van der Waals surface area contributed by atoms with Gasteiger partial charge in [-0.15, -0.1) is 0 Å². The quantitative estimate of drug-likeness (QED) is 0.0272. The zero-order valence-electron chi connectivity index (χ0n) is 40.0. The zero-order valence-corrected chi connectivity index (χ0v) is 40.9. The molecule has 4 atom stereocenters. The van der Waals surface area contributed by atoms with Gasteiger partial charge in [-0.3, -0.25) is 19.2 Å². The van der Waals surface area contributed by atoms with Gasteiger partial charge in [0.25, 0.3) is 0 Å². The molecule has 0 aromatic heterocycles. The van der Waals surface area contributed by atoms with Crippen LogP contribution in [-0.4, -0.2) is 105 Å². The Morgan fingerprint density at radius 3 is 1.70 bits per heavy atom. The molecule has 1 aliphatic rings. The summed E-state index contributed by atoms with van der Waals surface area (Å²) in [6, 6.07) is 10.0. The summed E-state index contributed by atoms with van der Waals surface area (Å²) in [5.41, 5.74) is 3.01. The molecule has 17 heteroatoms. The first-order chi connectivity index (χ1) is 32.4. The fourth-order valence-electron chi connectivity index (χ4n) is 6.84. The van der Waals surface area contributed by atoms with E-state index in [4.69, 9.17) is 23.7 Å². The predicted octanol–water partition coefficient (Wildman–Crippen LogP) is 10.0. The normalized spacial score (nSPS) is 15.8. The van der Waals surface area contributed by atoms with Crippen LogP contribution in [0.15, 0.2) is 63.2 Å². The lowest BCUT2D eigenvalue weighted by Gasteiger charge is -2.25. The number of aliphatic carboxylic acids is 2. The number of carboxylic acids is 2. The lowest BCUT2D eigenvalue weighted by molar-refractivity contribution is -0.152. The highest BCUT2D eigenvalue weighted by atomic mass is 32.2. The van der Waals surface area contributed by atoms with Gasteiger partial charge in [0, 0.05) is 18.8 Å². The van der Waals surface area contributed by atoms with E-state index in [0.717, 1.165) is 62.6 Å². The third kappa shape index (κ3) is 25.0. The number of hydrogen-bond donors (Lipinski definition) is 2. The lowest BCUT2D eigenvalue weighted by Crippen LogP contribution is -2.31. The monoisotopic (exact) mass is 952 g/mol. The van der Waals surface area contributed by atoms with Gasteiger partial charge in [0.1, 0.15) is 30.6 Å². The van der Waals surface area contributed by atoms with Gasteiger partial charge in [-0.1, -0.05) is 88.4 Å². The largest absolute Gasteiger partial charge is 0.481 e. The van der Waals surface area contributed by atoms with E-state index >= 15 is 0 Å². The number of aryl methyl sites for hydroxylation is 1. The second-order valence-electron chi connectivity index (χ2n) is 16.3. The summed E-state index contributed by atoms with van der Waals surface area (Å²) in [4.78, 5) is 50.7. The maximum Gasteiger partial charge on any atom is 0.307 e. The molecule has 16 nitrogen and oxygen atoms in total. The van der Waals surface area contributed by atoms with Gasteiger partial charge < -0.3 is 38.8 Å². The van der Waals surface area contributed by atoms with Crippen molar-refractivity contribution in [3.05, 3.63) is 58.5 Å². The number of esters is 2. The van der Waals surface area contributed by atoms with E-state index in [1.807, 2.05) is 49.4 Å². The van der Waals surface area contributed by atoms with Crippen molar-refractivity contribution in [3.63, 3.8) is 0 Å². The number of thioether (sulfide) groups is 1. The number of carbonyl (C=O) groups is 4. The van der Waals surface area contributed by atoms with E-state index < -0.39 is 47.0 Å². The number of carboxylic acid groups (broad SMARTS) is 2. The maximum absolute atomic E-state index is 12.5. The Morgan fingerprint density at radius 1 is 0.731 bits per heavy atom. The summed E-state index contributed by atoms with van der Waals surface area (Å²) in [7, 11) is 0. The molecule has 67 heavy (non-hydrogen) atoms. The fourth-order valence-corrected chi connectivity index (χ4v) is 7.94. The van der Waals surface area contributed by atoms with Crippen molar-refractivity contribution in [2.24, 2.45) is 28.0 Å². The van der Waals surface area contributed by atoms with Crippen LogP contribution in [0.4, 0.5) is 11.4 Å². The Hall–Kier alpha value is -5.07. The van der Waals surface area contributed by atoms with Gasteiger partial charge in [-0.25, -0.2) is 0 Å². The van der Waals surface area contributed by atoms with E-state index in [1.54, 1.807) is 6.92 Å². The molecule has 4 unspecified atom stereocenters. The summed E-state index contributed by atoms with van der Waals surface area (Å²) in [5, 5.41) is 46.6. The predicted molar refractivity (Wildman–Crippen MR) is 258 cm³/mol. The van der Waals surface area contributed by atoms with Crippen molar-refractivity contribution in [1.82, 2.24) is 0 Å². The topological polar surface area (TPSA) is 230 Å². The van der Waals surface area contributed by atoms with Crippen LogP contribution in [0.1, 0.15) is 116 Å². The smallest absolute Gasteiger partial charge is 0.307 e. The van der Waals surface area contributed by atoms with Crippen molar-refractivity contribution >= 4 is 47.0 Å². The van der Waals surface area contributed by atoms with Gasteiger partial charge >= 0.3 is 23.9 Å². The maximum atomic E-state index is 12.5. The van der Waals surface area contributed by atoms with E-state index in [0.29, 0.717) is 35.9 Å². The number of unbranched alkanes of at least 4 members (excludes halogenated alkanes) is 8. The first kappa shape index (κ1) is 58.1. The van der Waals surface area contributed by atoms with Crippen molar-refractivity contribution in [3.8, 4) is 12.1 Å². The molecule has 0 amide bonds. The SMILES string of the molecule is CCCCCC/C=C/CC(CC(=O)OCCOCCOCCN(CCOCCOC(=O)CC(C/C=C/CCCCCC)C(=O)O)c1ccc(/N=N/C2SC(C#N)=C(C)C2C#N)c(C)c1)C(=O)O. The number of hydrogen-bond acceptors (Lipinski definition) is 15. The molecule has 1 aromatic carbocycles. The number of anilines is 1. The highest BCUT2D eigenvalue weighted by molar-refractivity contribution is 8.04. The van der Waals surface area contributed by atoms with Crippen LogP contribution in [0.25, 0.3) is 0 Å². The van der Waals surface area contributed by atoms with Crippen molar-refractivity contribution in [1.29, 1.82) is 10.5 Å². The lowest BCUT2D eigenvalue weighted by atomic mass is 10.0. The van der Waals surface area contributed by atoms with E-state index in [-0.39, 0.29) is 71.9 Å². The number of nitrogens with zero attached hydrogens (tertiary/aromatic N) is 5. The van der Waals surface area contributed by atoms with Gasteiger partial charge in [-0.05, 0) is 81.7 Å². The number of nitriles is 2. The minimum atomic E-state index is -1.04. The number of ether oxygens (including phenoxy) is 5. The molecule has 0 spiro atoms. The molecule has 2 N–H and O–H groups in total. The Labute approximate surface area is 401 Å². The molecule has 1 aliphatic heterocycles. The summed E-state index contributed by atoms with van der Waals surface area (Å²) in [6.45, 7) is 10.3. The number of azo groups is 1. The summed E-state index contributed by atoms with van der Waals surface area (Å²) in [5.74, 6) is -5.48. The molecule has 0 radical (unpaired) electrons. The van der Waals surface area contributed by atoms with Crippen molar-refractivity contribution in [2.45, 2.75) is 123 Å². The van der Waals surface area contributed by atoms with E-state index in [9.17, 15) is 39.9 Å². The summed E-state index contributed by atoms with van der Waals surface area (Å²) in [6.07, 6.45) is 18.6. The molecule has 0 aliphatic carbocycles. The molecule has 0 bridgehead atoms. The molecule has 0 saturated carbocycles. The Balaban J connectivity index is 1.87. The van der Waals surface area contributed by atoms with Gasteiger partial charge in [0.05, 0.1) is 81.0 Å². The Morgan fingerprint density at radius 2 is 1.24 bits per heavy atom. The van der Waals surface area contributed by atoms with Crippen LogP contribution >= 0.6 is 11.8 Å². The van der Waals surface area contributed by atoms with Crippen LogP contribution in [0, 0.1) is 47.3 Å². The third-order valence-electron chi connectivity index (χ3n) is 10.9. The minimum Gasteiger partial charge on any atom is -0.481 e. The summed E-state index contributed by atoms with van der Waals surface area (Å²) >= 11 is 1.23. The van der Waals surface area contributed by atoms with Crippen molar-refractivity contribution < 1.29 is 53.1 Å². The number of benzene rings is 1. The highest BCUT2D eigenvalue weighted by Crippen LogP contribution is 2.42.